The van der Waals surface area contributed by atoms with Crippen molar-refractivity contribution < 1.29 is 47.8 Å². The van der Waals surface area contributed by atoms with Crippen LogP contribution in [0.5, 0.6) is 0 Å². The third-order valence-electron chi connectivity index (χ3n) is 12.5. The zero-order chi connectivity index (χ0) is 53.9. The van der Waals surface area contributed by atoms with Gasteiger partial charge in [0.15, 0.2) is 13.9 Å². The molecule has 12 nitrogen and oxygen atoms in total. The highest BCUT2D eigenvalue weighted by Crippen LogP contribution is 2.45. The molecule has 4 aliphatic carbocycles. The molecular weight excluding hydrogens is 1010 g/mol. The molecule has 72 heavy (non-hydrogen) atoms. The van der Waals surface area contributed by atoms with Crippen LogP contribution in [0.2, 0.25) is 0 Å². The minimum Gasteiger partial charge on any atom is -0.477 e. The van der Waals surface area contributed by atoms with E-state index in [1.165, 1.54) is 42.9 Å². The zero-order valence-electron chi connectivity index (χ0n) is 44.8. The predicted octanol–water partition coefficient (Wildman–Crippen LogP) is 13.9. The van der Waals surface area contributed by atoms with Crippen LogP contribution in [-0.2, 0) is 28.0 Å². The number of hydrogen-bond donors (Lipinski definition) is 2. The van der Waals surface area contributed by atoms with E-state index in [-0.39, 0.29) is 63.6 Å². The minimum atomic E-state index is -2.60. The minimum absolute atomic E-state index is 0.00889. The Morgan fingerprint density at radius 2 is 1.07 bits per heavy atom. The van der Waals surface area contributed by atoms with E-state index < -0.39 is 25.8 Å². The summed E-state index contributed by atoms with van der Waals surface area (Å²) >= 11 is 7.51. The van der Waals surface area contributed by atoms with Crippen molar-refractivity contribution in [2.75, 3.05) is 43.6 Å². The molecule has 2 aromatic heterocycles. The van der Waals surface area contributed by atoms with Gasteiger partial charge in [0.25, 0.3) is 0 Å². The molecule has 2 heterocycles. The number of nitrogens with zero attached hydrogens (tertiary/aromatic N) is 2. The Kier molecular flexibility index (Phi) is 22.4. The van der Waals surface area contributed by atoms with Gasteiger partial charge >= 0.3 is 11.9 Å². The van der Waals surface area contributed by atoms with Gasteiger partial charge in [-0.3, -0.25) is 14.2 Å². The van der Waals surface area contributed by atoms with E-state index in [1.807, 2.05) is 52.5 Å². The number of hydrogen-bond acceptors (Lipinski definition) is 11. The Bertz CT molecular complexity index is 2530. The number of anilines is 2. The van der Waals surface area contributed by atoms with Crippen molar-refractivity contribution in [3.05, 3.63) is 54.9 Å². The molecule has 0 spiro atoms. The lowest BCUT2D eigenvalue weighted by Gasteiger charge is -2.39. The summed E-state index contributed by atoms with van der Waals surface area (Å²) in [5.41, 5.74) is 3.30. The van der Waals surface area contributed by atoms with Gasteiger partial charge in [0.1, 0.15) is 9.75 Å². The Morgan fingerprint density at radius 3 is 1.42 bits per heavy atom. The first kappa shape index (κ1) is 61.1. The van der Waals surface area contributed by atoms with Crippen LogP contribution in [0.1, 0.15) is 174 Å². The quantitative estimate of drug-likeness (QED) is 0.101. The van der Waals surface area contributed by atoms with Gasteiger partial charge in [-0.05, 0) is 157 Å². The maximum Gasteiger partial charge on any atom is 0.350 e. The van der Waals surface area contributed by atoms with Crippen LogP contribution in [0.4, 0.5) is 11.4 Å². The van der Waals surface area contributed by atoms with E-state index in [0.29, 0.717) is 78.9 Å². The van der Waals surface area contributed by atoms with Crippen molar-refractivity contribution in [2.24, 2.45) is 22.7 Å². The van der Waals surface area contributed by atoms with Crippen LogP contribution in [-0.4, -0.2) is 92.0 Å². The standard InChI is InChI=1S/C27H38NO5PS.C26H35NO4S.C2H6ClOP/c1-18-7-9-19(10-8-18)25(29)28(20-11-13-21(14-12-20)33-34(5,6)32)23-17-22(15-16-27(2,3)4)35-24(23)26(30)31;1-17-6-8-18(9-7-17)24(29)27(19-10-12-20(28)13-11-19)22-16-21(14-15-26(2,3)4)32-23(22)25(30)31-5;1-5(2,3)4/h7,17,19-21H,8-14H2,1-6H3,(H,30,31);6,16,18-20,28H,7-13H2,1-5H3;1-2H3/t19-,20?,21?;18-,19?,20?;/m11./s1. The van der Waals surface area contributed by atoms with Crippen LogP contribution in [0, 0.1) is 46.3 Å². The molecule has 0 unspecified atom stereocenters. The zero-order valence-corrected chi connectivity index (χ0v) is 49.0. The Morgan fingerprint density at radius 1 is 0.681 bits per heavy atom. The second-order valence-corrected chi connectivity index (χ2v) is 32.1. The number of thiophene rings is 2. The van der Waals surface area contributed by atoms with Gasteiger partial charge in [0.05, 0.1) is 40.4 Å². The summed E-state index contributed by atoms with van der Waals surface area (Å²) < 4.78 is 33.0. The number of allylic oxidation sites excluding steroid dienone is 4. The molecule has 2 atom stereocenters. The third kappa shape index (κ3) is 20.0. The molecule has 2 aromatic rings. The van der Waals surface area contributed by atoms with Crippen LogP contribution in [0.15, 0.2) is 35.4 Å². The first-order chi connectivity index (χ1) is 33.3. The fourth-order valence-corrected chi connectivity index (χ4v) is 11.7. The number of halogens is 1. The molecule has 0 bridgehead atoms. The van der Waals surface area contributed by atoms with Gasteiger partial charge in [-0.25, -0.2) is 9.59 Å². The number of aromatic carboxylic acids is 1. The predicted molar refractivity (Wildman–Crippen MR) is 297 cm³/mol. The highest BCUT2D eigenvalue weighted by molar-refractivity contribution is 7.88. The maximum atomic E-state index is 13.9. The summed E-state index contributed by atoms with van der Waals surface area (Å²) in [7, 11) is -1.23. The lowest BCUT2D eigenvalue weighted by molar-refractivity contribution is -0.124. The van der Waals surface area contributed by atoms with Gasteiger partial charge in [-0.2, -0.15) is 0 Å². The van der Waals surface area contributed by atoms with Crippen LogP contribution in [0.3, 0.4) is 0 Å². The molecular formula is C55H79ClN2O10P2S2. The summed E-state index contributed by atoms with van der Waals surface area (Å²) in [5, 5.41) is 20.0. The van der Waals surface area contributed by atoms with Crippen molar-refractivity contribution in [1.82, 2.24) is 0 Å². The van der Waals surface area contributed by atoms with Crippen LogP contribution in [0.25, 0.3) is 0 Å². The molecule has 0 aromatic carbocycles. The second kappa shape index (κ2) is 26.4. The average Bonchev–Trinajstić information content (AvgIpc) is 3.90. The number of carbonyl (C=O) groups is 4. The smallest absolute Gasteiger partial charge is 0.350 e. The normalized spacial score (nSPS) is 22.5. The van der Waals surface area contributed by atoms with Gasteiger partial charge < -0.3 is 33.8 Å². The number of aliphatic hydroxyl groups is 1. The Labute approximate surface area is 442 Å². The van der Waals surface area contributed by atoms with Gasteiger partial charge in [-0.1, -0.05) is 58.2 Å². The fraction of sp³-hybridized carbons (Fsp3) is 0.636. The number of esters is 1. The molecule has 2 fully saturated rings. The van der Waals surface area contributed by atoms with E-state index >= 15 is 0 Å². The van der Waals surface area contributed by atoms with Crippen molar-refractivity contribution in [2.45, 2.75) is 170 Å². The Hall–Kier alpha value is -3.45. The third-order valence-corrected chi connectivity index (χ3v) is 15.4. The summed E-state index contributed by atoms with van der Waals surface area (Å²) in [5.74, 6) is 11.0. The summed E-state index contributed by atoms with van der Waals surface area (Å²) in [6.07, 6.45) is 14.1. The number of carbonyl (C=O) groups excluding carboxylic acids is 3. The number of rotatable bonds is 10. The molecule has 0 radical (unpaired) electrons. The highest BCUT2D eigenvalue weighted by atomic mass is 35.7. The fourth-order valence-electron chi connectivity index (χ4n) is 8.98. The molecule has 2 N–H and O–H groups in total. The summed E-state index contributed by atoms with van der Waals surface area (Å²) in [6, 6.07) is 3.49. The molecule has 398 valence electrons. The van der Waals surface area contributed by atoms with E-state index in [9.17, 15) is 38.5 Å². The second-order valence-electron chi connectivity index (χ2n) is 22.4. The van der Waals surface area contributed by atoms with Crippen molar-refractivity contribution >= 4 is 82.9 Å². The average molecular weight is 1090 g/mol. The first-order valence-corrected chi connectivity index (χ1v) is 32.8. The molecule has 6 rings (SSSR count). The summed E-state index contributed by atoms with van der Waals surface area (Å²) in [6.45, 7) is 20.4. The highest BCUT2D eigenvalue weighted by Gasteiger charge is 2.39. The molecule has 2 amide bonds. The first-order valence-electron chi connectivity index (χ1n) is 25.1. The lowest BCUT2D eigenvalue weighted by atomic mass is 9.86. The van der Waals surface area contributed by atoms with Crippen LogP contribution < -0.4 is 9.80 Å². The van der Waals surface area contributed by atoms with E-state index in [2.05, 4.69) is 49.7 Å². The van der Waals surface area contributed by atoms with E-state index in [4.69, 9.17) is 20.5 Å². The van der Waals surface area contributed by atoms with Crippen LogP contribution >= 0.6 is 47.8 Å². The van der Waals surface area contributed by atoms with Gasteiger partial charge in [-0.15, -0.1) is 22.7 Å². The lowest BCUT2D eigenvalue weighted by Crippen LogP contribution is -2.46. The van der Waals surface area contributed by atoms with Crippen molar-refractivity contribution in [3.63, 3.8) is 0 Å². The summed E-state index contributed by atoms with van der Waals surface area (Å²) in [4.78, 5) is 58.2. The largest absolute Gasteiger partial charge is 0.477 e. The van der Waals surface area contributed by atoms with Gasteiger partial charge in [0.2, 0.25) is 11.8 Å². The number of amides is 2. The maximum absolute atomic E-state index is 13.9. The molecule has 17 heteroatoms. The molecule has 0 saturated heterocycles. The van der Waals surface area contributed by atoms with Crippen molar-refractivity contribution in [1.29, 1.82) is 0 Å². The topological polar surface area (TPSA) is 168 Å². The number of carboxylic acid groups (broad SMARTS) is 1. The Balaban J connectivity index is 0.000000286. The number of methoxy groups -OCH3 is 1. The van der Waals surface area contributed by atoms with E-state index in [1.54, 1.807) is 24.3 Å². The molecule has 4 aliphatic rings. The van der Waals surface area contributed by atoms with Gasteiger partial charge in [0, 0.05) is 61.4 Å². The number of aliphatic hydroxyl groups excluding tert-OH is 1. The number of ether oxygens (including phenoxy) is 1. The van der Waals surface area contributed by atoms with E-state index in [0.717, 1.165) is 48.3 Å². The number of carboxylic acids is 1. The SMILES string of the molecule is CC1=CC[C@@H](C(=O)N(c2cc(C#CC(C)(C)C)sc2C(=O)O)C2CCC(OP(C)(C)=O)CC2)CC1.COC(=O)c1sc(C#CC(C)(C)C)cc1N(C(=O)[C@@H]1CC=C(C)CC1)C1CCC(O)CC1.CP(C)(=O)Cl. The molecule has 2 saturated carbocycles. The monoisotopic (exact) mass is 1090 g/mol. The molecule has 0 aliphatic heterocycles. The van der Waals surface area contributed by atoms with Crippen molar-refractivity contribution in [3.8, 4) is 23.7 Å².